The van der Waals surface area contributed by atoms with Crippen LogP contribution in [0.25, 0.3) is 0 Å². The van der Waals surface area contributed by atoms with Gasteiger partial charge in [-0.25, -0.2) is 4.99 Å². The van der Waals surface area contributed by atoms with Gasteiger partial charge in [-0.3, -0.25) is 0 Å². The fraction of sp³-hybridized carbons (Fsp3) is 0.800. The number of terminal acetylenes is 1. The summed E-state index contributed by atoms with van der Waals surface area (Å²) < 4.78 is 10.9. The maximum absolute atomic E-state index is 5.85. The third kappa shape index (κ3) is 6.27. The molecule has 1 fully saturated rings. The number of ether oxygens (including phenoxy) is 2. The molecular formula is C15H27N3O2. The lowest BCUT2D eigenvalue weighted by Gasteiger charge is -2.34. The van der Waals surface area contributed by atoms with Crippen LogP contribution in [-0.2, 0) is 9.47 Å². The lowest BCUT2D eigenvalue weighted by Crippen LogP contribution is -2.47. The van der Waals surface area contributed by atoms with Crippen LogP contribution in [0.1, 0.15) is 26.2 Å². The zero-order valence-electron chi connectivity index (χ0n) is 12.7. The molecule has 0 aromatic rings. The minimum Gasteiger partial charge on any atom is -0.385 e. The zero-order valence-corrected chi connectivity index (χ0v) is 12.7. The Bertz CT molecular complexity index is 318. The van der Waals surface area contributed by atoms with Gasteiger partial charge in [0.15, 0.2) is 5.96 Å². The van der Waals surface area contributed by atoms with E-state index < -0.39 is 0 Å². The molecule has 0 unspecified atom stereocenters. The Hall–Kier alpha value is -1.25. The maximum Gasteiger partial charge on any atom is 0.194 e. The molecule has 1 aliphatic heterocycles. The second kappa shape index (κ2) is 10.5. The molecule has 114 valence electrons. The normalized spacial score (nSPS) is 17.1. The summed E-state index contributed by atoms with van der Waals surface area (Å²) in [6.45, 7) is 6.83. The molecule has 0 saturated carbocycles. The molecule has 5 nitrogen and oxygen atoms in total. The van der Waals surface area contributed by atoms with Crippen molar-refractivity contribution < 1.29 is 9.47 Å². The summed E-state index contributed by atoms with van der Waals surface area (Å²) in [4.78, 5) is 6.66. The molecule has 0 spiro atoms. The van der Waals surface area contributed by atoms with Crippen molar-refractivity contribution in [1.82, 2.24) is 10.2 Å². The van der Waals surface area contributed by atoms with Gasteiger partial charge in [0, 0.05) is 40.0 Å². The summed E-state index contributed by atoms with van der Waals surface area (Å²) in [6.07, 6.45) is 8.66. The number of hydrogen-bond donors (Lipinski definition) is 1. The van der Waals surface area contributed by atoms with E-state index >= 15 is 0 Å². The zero-order chi connectivity index (χ0) is 14.6. The first-order valence-corrected chi connectivity index (χ1v) is 7.39. The summed E-state index contributed by atoms with van der Waals surface area (Å²) >= 11 is 0. The first-order chi connectivity index (χ1) is 9.81. The van der Waals surface area contributed by atoms with Gasteiger partial charge in [0.25, 0.3) is 0 Å². The number of methoxy groups -OCH3 is 1. The van der Waals surface area contributed by atoms with E-state index in [0.717, 1.165) is 58.1 Å². The van der Waals surface area contributed by atoms with Crippen LogP contribution in [0.4, 0.5) is 0 Å². The van der Waals surface area contributed by atoms with Gasteiger partial charge in [0.1, 0.15) is 6.54 Å². The first-order valence-electron chi connectivity index (χ1n) is 7.39. The number of likely N-dealkylation sites (tertiary alicyclic amines) is 1. The fourth-order valence-corrected chi connectivity index (χ4v) is 2.23. The van der Waals surface area contributed by atoms with E-state index in [4.69, 9.17) is 15.9 Å². The molecule has 0 atom stereocenters. The maximum atomic E-state index is 5.85. The second-order valence-electron chi connectivity index (χ2n) is 4.78. The molecule has 0 radical (unpaired) electrons. The Kier molecular flexibility index (Phi) is 8.84. The second-order valence-corrected chi connectivity index (χ2v) is 4.78. The smallest absolute Gasteiger partial charge is 0.194 e. The molecule has 0 amide bonds. The van der Waals surface area contributed by atoms with Crippen LogP contribution < -0.4 is 5.32 Å². The Morgan fingerprint density at radius 1 is 1.40 bits per heavy atom. The molecule has 1 rings (SSSR count). The van der Waals surface area contributed by atoms with Crippen LogP contribution in [0.3, 0.4) is 0 Å². The van der Waals surface area contributed by atoms with Crippen LogP contribution >= 0.6 is 0 Å². The Balaban J connectivity index is 2.30. The van der Waals surface area contributed by atoms with Crippen molar-refractivity contribution in [2.45, 2.75) is 32.3 Å². The molecule has 1 saturated heterocycles. The minimum absolute atomic E-state index is 0.360. The van der Waals surface area contributed by atoms with Gasteiger partial charge >= 0.3 is 0 Å². The van der Waals surface area contributed by atoms with E-state index in [-0.39, 0.29) is 0 Å². The Labute approximate surface area is 122 Å². The fourth-order valence-electron chi connectivity index (χ4n) is 2.23. The van der Waals surface area contributed by atoms with Gasteiger partial charge in [-0.05, 0) is 26.2 Å². The molecule has 20 heavy (non-hydrogen) atoms. The molecule has 0 aromatic carbocycles. The highest BCUT2D eigenvalue weighted by molar-refractivity contribution is 5.80. The lowest BCUT2D eigenvalue weighted by atomic mass is 10.1. The predicted octanol–water partition coefficient (Wildman–Crippen LogP) is 1.10. The van der Waals surface area contributed by atoms with Crippen molar-refractivity contribution in [3.63, 3.8) is 0 Å². The minimum atomic E-state index is 0.360. The quantitative estimate of drug-likeness (QED) is 0.328. The van der Waals surface area contributed by atoms with E-state index in [1.807, 2.05) is 0 Å². The number of nitrogens with one attached hydrogen (secondary N) is 1. The van der Waals surface area contributed by atoms with E-state index in [2.05, 4.69) is 28.1 Å². The molecule has 1 N–H and O–H groups in total. The van der Waals surface area contributed by atoms with Crippen LogP contribution in [-0.4, -0.2) is 63.5 Å². The SMILES string of the molecule is C#CCN=C(NCC)N1CCC(OCCCOC)CC1. The van der Waals surface area contributed by atoms with Gasteiger partial charge in [0.05, 0.1) is 6.10 Å². The molecule has 0 aromatic heterocycles. The Morgan fingerprint density at radius 3 is 2.75 bits per heavy atom. The summed E-state index contributed by atoms with van der Waals surface area (Å²) in [5, 5.41) is 3.28. The molecular weight excluding hydrogens is 254 g/mol. The number of aliphatic imine (C=N–C) groups is 1. The number of nitrogens with zero attached hydrogens (tertiary/aromatic N) is 2. The van der Waals surface area contributed by atoms with Gasteiger partial charge < -0.3 is 19.7 Å². The van der Waals surface area contributed by atoms with Crippen molar-refractivity contribution >= 4 is 5.96 Å². The highest BCUT2D eigenvalue weighted by Gasteiger charge is 2.21. The van der Waals surface area contributed by atoms with Crippen molar-refractivity contribution in [3.8, 4) is 12.3 Å². The largest absolute Gasteiger partial charge is 0.385 e. The van der Waals surface area contributed by atoms with Crippen LogP contribution in [0.15, 0.2) is 4.99 Å². The van der Waals surface area contributed by atoms with Crippen LogP contribution in [0.5, 0.6) is 0 Å². The van der Waals surface area contributed by atoms with Crippen molar-refractivity contribution in [2.75, 3.05) is 46.5 Å². The molecule has 0 bridgehead atoms. The lowest BCUT2D eigenvalue weighted by molar-refractivity contribution is 0.00992. The molecule has 1 heterocycles. The average molecular weight is 281 g/mol. The number of guanidine groups is 1. The van der Waals surface area contributed by atoms with E-state index in [1.165, 1.54) is 0 Å². The summed E-state index contributed by atoms with van der Waals surface area (Å²) in [5.41, 5.74) is 0. The topological polar surface area (TPSA) is 46.1 Å². The van der Waals surface area contributed by atoms with Crippen molar-refractivity contribution in [3.05, 3.63) is 0 Å². The van der Waals surface area contributed by atoms with Gasteiger partial charge in [0.2, 0.25) is 0 Å². The highest BCUT2D eigenvalue weighted by Crippen LogP contribution is 2.14. The predicted molar refractivity (Wildman–Crippen MR) is 81.9 cm³/mol. The van der Waals surface area contributed by atoms with Crippen LogP contribution in [0.2, 0.25) is 0 Å². The van der Waals surface area contributed by atoms with E-state index in [9.17, 15) is 0 Å². The summed E-state index contributed by atoms with van der Waals surface area (Å²) in [5.74, 6) is 3.47. The Morgan fingerprint density at radius 2 is 2.15 bits per heavy atom. The van der Waals surface area contributed by atoms with Gasteiger partial charge in [-0.1, -0.05) is 5.92 Å². The van der Waals surface area contributed by atoms with Gasteiger partial charge in [-0.2, -0.15) is 0 Å². The van der Waals surface area contributed by atoms with Crippen molar-refractivity contribution in [1.29, 1.82) is 0 Å². The first kappa shape index (κ1) is 16.8. The van der Waals surface area contributed by atoms with Crippen LogP contribution in [0, 0.1) is 12.3 Å². The monoisotopic (exact) mass is 281 g/mol. The van der Waals surface area contributed by atoms with E-state index in [1.54, 1.807) is 7.11 Å². The third-order valence-corrected chi connectivity index (χ3v) is 3.24. The third-order valence-electron chi connectivity index (χ3n) is 3.24. The molecule has 0 aliphatic carbocycles. The van der Waals surface area contributed by atoms with Gasteiger partial charge in [-0.15, -0.1) is 6.42 Å². The average Bonchev–Trinajstić information content (AvgIpc) is 2.49. The number of rotatable bonds is 7. The number of piperidine rings is 1. The summed E-state index contributed by atoms with van der Waals surface area (Å²) in [6, 6.07) is 0. The molecule has 5 heteroatoms. The standard InChI is InChI=1S/C15H27N3O2/c1-4-9-17-15(16-5-2)18-10-7-14(8-11-18)20-13-6-12-19-3/h1,14H,5-13H2,2-3H3,(H,16,17). The highest BCUT2D eigenvalue weighted by atomic mass is 16.5. The van der Waals surface area contributed by atoms with Crippen molar-refractivity contribution in [2.24, 2.45) is 4.99 Å². The molecule has 1 aliphatic rings. The summed E-state index contributed by atoms with van der Waals surface area (Å²) in [7, 11) is 1.72. The van der Waals surface area contributed by atoms with E-state index in [0.29, 0.717) is 12.6 Å². The number of hydrogen-bond acceptors (Lipinski definition) is 3.